The topological polar surface area (TPSA) is 82.2 Å². The van der Waals surface area contributed by atoms with Crippen LogP contribution in [0, 0.1) is 5.92 Å². The number of benzene rings is 1. The van der Waals surface area contributed by atoms with E-state index in [1.165, 1.54) is 11.0 Å². The van der Waals surface area contributed by atoms with Crippen molar-refractivity contribution >= 4 is 29.3 Å². The van der Waals surface area contributed by atoms with Crippen molar-refractivity contribution in [2.75, 3.05) is 49.5 Å². The van der Waals surface area contributed by atoms with Crippen LogP contribution in [-0.4, -0.2) is 73.1 Å². The molecule has 1 saturated heterocycles. The molecular weight excluding hydrogens is 441 g/mol. The average Bonchev–Trinajstić information content (AvgIpc) is 3.01. The maximum atomic E-state index is 13.3. The summed E-state index contributed by atoms with van der Waals surface area (Å²) >= 11 is 0. The Morgan fingerprint density at radius 3 is 2.52 bits per heavy atom. The van der Waals surface area contributed by atoms with E-state index in [0.29, 0.717) is 39.2 Å². The predicted molar refractivity (Wildman–Crippen MR) is 116 cm³/mol. The maximum Gasteiger partial charge on any atom is 0.416 e. The van der Waals surface area contributed by atoms with Gasteiger partial charge in [-0.1, -0.05) is 13.8 Å². The number of alkyl halides is 3. The van der Waals surface area contributed by atoms with Crippen molar-refractivity contribution in [1.82, 2.24) is 9.80 Å². The molecule has 1 N–H and O–H groups in total. The van der Waals surface area contributed by atoms with Crippen LogP contribution in [0.25, 0.3) is 0 Å². The highest BCUT2D eigenvalue weighted by Crippen LogP contribution is 2.37. The number of anilines is 2. The third-order valence-corrected chi connectivity index (χ3v) is 5.69. The highest BCUT2D eigenvalue weighted by atomic mass is 19.4. The summed E-state index contributed by atoms with van der Waals surface area (Å²) in [6.07, 6.45) is -4.31. The largest absolute Gasteiger partial charge is 0.449 e. The van der Waals surface area contributed by atoms with Gasteiger partial charge in [-0.25, -0.2) is 4.79 Å². The van der Waals surface area contributed by atoms with Crippen LogP contribution in [0.4, 0.5) is 29.3 Å². The molecule has 2 aliphatic heterocycles. The Hall–Kier alpha value is -2.82. The van der Waals surface area contributed by atoms with E-state index in [9.17, 15) is 27.6 Å². The van der Waals surface area contributed by atoms with Gasteiger partial charge in [-0.05, 0) is 37.5 Å². The van der Waals surface area contributed by atoms with Gasteiger partial charge < -0.3 is 15.0 Å². The van der Waals surface area contributed by atoms with Gasteiger partial charge in [-0.15, -0.1) is 0 Å². The molecule has 0 bridgehead atoms. The molecule has 0 saturated carbocycles. The summed E-state index contributed by atoms with van der Waals surface area (Å²) < 4.78 is 44.5. The highest BCUT2D eigenvalue weighted by molar-refractivity contribution is 6.11. The van der Waals surface area contributed by atoms with Gasteiger partial charge in [0.1, 0.15) is 6.54 Å². The fraction of sp³-hybridized carbons (Fsp3) is 0.591. The zero-order chi connectivity index (χ0) is 24.3. The predicted octanol–water partition coefficient (Wildman–Crippen LogP) is 3.18. The van der Waals surface area contributed by atoms with E-state index in [1.54, 1.807) is 11.8 Å². The summed E-state index contributed by atoms with van der Waals surface area (Å²) in [6, 6.07) is 2.31. The van der Waals surface area contributed by atoms with E-state index in [1.807, 2.05) is 18.7 Å². The standard InChI is InChI=1S/C22H29F3N4O4/c1-14(2)13-33-21(32)28-8-4-7-27(9-10-28)15(3)20(31)29-12-19(30)26-17-11-16(22(23,24)25)5-6-18(17)29/h5-6,11,14-15H,4,7-10,12-13H2,1-3H3,(H,26,30). The Morgan fingerprint density at radius 2 is 1.85 bits per heavy atom. The van der Waals surface area contributed by atoms with Crippen molar-refractivity contribution in [2.45, 2.75) is 39.4 Å². The Bertz CT molecular complexity index is 906. The maximum absolute atomic E-state index is 13.3. The zero-order valence-corrected chi connectivity index (χ0v) is 18.9. The minimum atomic E-state index is -4.56. The van der Waals surface area contributed by atoms with Gasteiger partial charge in [-0.2, -0.15) is 13.2 Å². The molecule has 0 aromatic heterocycles. The summed E-state index contributed by atoms with van der Waals surface area (Å²) in [6.45, 7) is 7.55. The summed E-state index contributed by atoms with van der Waals surface area (Å²) in [5.41, 5.74) is -0.717. The van der Waals surface area contributed by atoms with Crippen LogP contribution >= 0.6 is 0 Å². The molecule has 0 radical (unpaired) electrons. The number of hydrogen-bond donors (Lipinski definition) is 1. The zero-order valence-electron chi connectivity index (χ0n) is 18.9. The molecule has 3 amide bonds. The van der Waals surface area contributed by atoms with Gasteiger partial charge in [0.05, 0.1) is 29.6 Å². The lowest BCUT2D eigenvalue weighted by molar-refractivity contribution is -0.137. The molecule has 8 nitrogen and oxygen atoms in total. The van der Waals surface area contributed by atoms with Gasteiger partial charge in [0.2, 0.25) is 11.8 Å². The molecule has 1 aromatic rings. The molecule has 2 heterocycles. The highest BCUT2D eigenvalue weighted by Gasteiger charge is 2.36. The van der Waals surface area contributed by atoms with E-state index >= 15 is 0 Å². The van der Waals surface area contributed by atoms with Crippen molar-refractivity contribution in [3.05, 3.63) is 23.8 Å². The molecule has 1 unspecified atom stereocenters. The Balaban J connectivity index is 1.70. The monoisotopic (exact) mass is 470 g/mol. The third kappa shape index (κ3) is 5.95. The average molecular weight is 470 g/mol. The van der Waals surface area contributed by atoms with Gasteiger partial charge >= 0.3 is 12.3 Å². The summed E-state index contributed by atoms with van der Waals surface area (Å²) in [5, 5.41) is 2.42. The van der Waals surface area contributed by atoms with Crippen LogP contribution in [0.15, 0.2) is 18.2 Å². The third-order valence-electron chi connectivity index (χ3n) is 5.69. The van der Waals surface area contributed by atoms with E-state index < -0.39 is 23.7 Å². The number of ether oxygens (including phenoxy) is 1. The van der Waals surface area contributed by atoms with Crippen LogP contribution in [0.3, 0.4) is 0 Å². The second-order valence-electron chi connectivity index (χ2n) is 8.73. The number of nitrogens with zero attached hydrogens (tertiary/aromatic N) is 3. The molecule has 1 fully saturated rings. The number of hydrogen-bond acceptors (Lipinski definition) is 5. The van der Waals surface area contributed by atoms with E-state index in [4.69, 9.17) is 4.74 Å². The Kier molecular flexibility index (Phi) is 7.51. The quantitative estimate of drug-likeness (QED) is 0.731. The fourth-order valence-corrected chi connectivity index (χ4v) is 3.88. The molecule has 2 aliphatic rings. The number of nitrogens with one attached hydrogen (secondary N) is 1. The van der Waals surface area contributed by atoms with Gasteiger partial charge in [0, 0.05) is 26.2 Å². The first kappa shape index (κ1) is 24.8. The lowest BCUT2D eigenvalue weighted by Crippen LogP contribution is -2.52. The molecule has 1 atom stereocenters. The lowest BCUT2D eigenvalue weighted by atomic mass is 10.1. The molecule has 3 rings (SSSR count). The first-order valence-electron chi connectivity index (χ1n) is 11.0. The van der Waals surface area contributed by atoms with Crippen molar-refractivity contribution in [3.8, 4) is 0 Å². The minimum Gasteiger partial charge on any atom is -0.449 e. The molecule has 11 heteroatoms. The fourth-order valence-electron chi connectivity index (χ4n) is 3.88. The summed E-state index contributed by atoms with van der Waals surface area (Å²) in [5.74, 6) is -0.717. The van der Waals surface area contributed by atoms with E-state index in [-0.39, 0.29) is 35.8 Å². The van der Waals surface area contributed by atoms with Crippen molar-refractivity contribution in [3.63, 3.8) is 0 Å². The van der Waals surface area contributed by atoms with E-state index in [2.05, 4.69) is 5.32 Å². The van der Waals surface area contributed by atoms with Gasteiger partial charge in [0.25, 0.3) is 0 Å². The molecule has 0 spiro atoms. The van der Waals surface area contributed by atoms with Crippen molar-refractivity contribution in [1.29, 1.82) is 0 Å². The van der Waals surface area contributed by atoms with Crippen LogP contribution in [0.5, 0.6) is 0 Å². The van der Waals surface area contributed by atoms with Gasteiger partial charge in [-0.3, -0.25) is 19.4 Å². The van der Waals surface area contributed by atoms with Crippen LogP contribution in [0.2, 0.25) is 0 Å². The second-order valence-corrected chi connectivity index (χ2v) is 8.73. The first-order chi connectivity index (χ1) is 15.5. The number of amides is 3. The van der Waals surface area contributed by atoms with Crippen molar-refractivity contribution in [2.24, 2.45) is 5.92 Å². The number of carbonyl (C=O) groups excluding carboxylic acids is 3. The molecular formula is C22H29F3N4O4. The molecule has 182 valence electrons. The number of fused-ring (bicyclic) bond motifs is 1. The number of halogens is 3. The normalized spacial score (nSPS) is 18.5. The second kappa shape index (κ2) is 9.98. The first-order valence-corrected chi connectivity index (χ1v) is 11.0. The Morgan fingerprint density at radius 1 is 1.12 bits per heavy atom. The smallest absolute Gasteiger partial charge is 0.416 e. The number of rotatable bonds is 4. The summed E-state index contributed by atoms with van der Waals surface area (Å²) in [4.78, 5) is 42.4. The Labute approximate surface area is 190 Å². The lowest BCUT2D eigenvalue weighted by Gasteiger charge is -2.35. The minimum absolute atomic E-state index is 0.0448. The van der Waals surface area contributed by atoms with Crippen LogP contribution in [0.1, 0.15) is 32.8 Å². The van der Waals surface area contributed by atoms with Gasteiger partial charge in [0.15, 0.2) is 0 Å². The van der Waals surface area contributed by atoms with E-state index in [0.717, 1.165) is 12.1 Å². The summed E-state index contributed by atoms with van der Waals surface area (Å²) in [7, 11) is 0. The molecule has 1 aromatic carbocycles. The molecule has 0 aliphatic carbocycles. The molecule has 33 heavy (non-hydrogen) atoms. The van der Waals surface area contributed by atoms with Crippen LogP contribution < -0.4 is 10.2 Å². The van der Waals surface area contributed by atoms with Crippen molar-refractivity contribution < 1.29 is 32.3 Å². The number of carbonyl (C=O) groups is 3. The van der Waals surface area contributed by atoms with Crippen LogP contribution in [-0.2, 0) is 20.5 Å². The SMILES string of the molecule is CC(C)COC(=O)N1CCCN(C(C)C(=O)N2CC(=O)Nc3cc(C(F)(F)F)ccc32)CC1.